The first-order valence-corrected chi connectivity index (χ1v) is 7.30. The Balaban J connectivity index is 2.00. The Bertz CT molecular complexity index is 618. The maximum atomic E-state index is 12.0. The summed E-state index contributed by atoms with van der Waals surface area (Å²) in [6.07, 6.45) is 0. The van der Waals surface area contributed by atoms with Gasteiger partial charge in [0.1, 0.15) is 5.51 Å². The quantitative estimate of drug-likeness (QED) is 0.518. The fourth-order valence-corrected chi connectivity index (χ4v) is 2.99. The van der Waals surface area contributed by atoms with Gasteiger partial charge in [0.25, 0.3) is 5.69 Å². The van der Waals surface area contributed by atoms with Crippen LogP contribution in [0.2, 0.25) is 0 Å². The second-order valence-electron chi connectivity index (χ2n) is 3.76. The van der Waals surface area contributed by atoms with Crippen LogP contribution in [0.25, 0.3) is 0 Å². The number of carbonyl (C=O) groups is 1. The lowest BCUT2D eigenvalue weighted by molar-refractivity contribution is -0.384. The standard InChI is InChI=1S/C11H10N4O3S2/c1-7(20-11-14-12-6-19-11)10(16)13-8-3-2-4-9(5-8)15(17)18/h2-7H,1H3,(H,13,16)/t7-/m0/s1. The van der Waals surface area contributed by atoms with E-state index in [1.165, 1.54) is 41.3 Å². The van der Waals surface area contributed by atoms with Crippen LogP contribution in [-0.4, -0.2) is 26.3 Å². The third-order valence-electron chi connectivity index (χ3n) is 2.31. The highest BCUT2D eigenvalue weighted by Crippen LogP contribution is 2.25. The molecule has 0 aliphatic heterocycles. The van der Waals surface area contributed by atoms with Gasteiger partial charge in [-0.2, -0.15) is 0 Å². The van der Waals surface area contributed by atoms with Crippen molar-refractivity contribution in [2.45, 2.75) is 16.5 Å². The lowest BCUT2D eigenvalue weighted by Gasteiger charge is -2.09. The number of non-ortho nitro benzene ring substituents is 1. The predicted molar refractivity (Wildman–Crippen MR) is 77.0 cm³/mol. The maximum absolute atomic E-state index is 12.0. The van der Waals surface area contributed by atoms with Crippen molar-refractivity contribution >= 4 is 40.4 Å². The van der Waals surface area contributed by atoms with E-state index >= 15 is 0 Å². The SMILES string of the molecule is C[C@H](Sc1nncs1)C(=O)Nc1cccc([N+](=O)[O-])c1. The van der Waals surface area contributed by atoms with E-state index < -0.39 is 4.92 Å². The molecule has 2 aromatic rings. The average molecular weight is 310 g/mol. The van der Waals surface area contributed by atoms with Gasteiger partial charge in [0, 0.05) is 17.8 Å². The van der Waals surface area contributed by atoms with Crippen LogP contribution < -0.4 is 5.32 Å². The molecule has 0 bridgehead atoms. The monoisotopic (exact) mass is 310 g/mol. The molecule has 1 aromatic carbocycles. The number of thioether (sulfide) groups is 1. The van der Waals surface area contributed by atoms with Crippen molar-refractivity contribution in [1.82, 2.24) is 10.2 Å². The summed E-state index contributed by atoms with van der Waals surface area (Å²) in [6.45, 7) is 1.73. The summed E-state index contributed by atoms with van der Waals surface area (Å²) < 4.78 is 0.701. The first-order valence-electron chi connectivity index (χ1n) is 5.54. The highest BCUT2D eigenvalue weighted by Gasteiger charge is 2.17. The summed E-state index contributed by atoms with van der Waals surface area (Å²) in [5, 5.41) is 20.5. The minimum Gasteiger partial charge on any atom is -0.325 e. The molecule has 9 heteroatoms. The molecule has 20 heavy (non-hydrogen) atoms. The van der Waals surface area contributed by atoms with Crippen LogP contribution in [0.15, 0.2) is 34.1 Å². The summed E-state index contributed by atoms with van der Waals surface area (Å²) in [5.74, 6) is -0.245. The first kappa shape index (κ1) is 14.4. The van der Waals surface area contributed by atoms with Crippen LogP contribution in [0.3, 0.4) is 0 Å². The number of hydrogen-bond acceptors (Lipinski definition) is 7. The molecule has 0 saturated carbocycles. The molecule has 0 unspecified atom stereocenters. The van der Waals surface area contributed by atoms with Crippen molar-refractivity contribution in [1.29, 1.82) is 0 Å². The first-order chi connectivity index (χ1) is 9.56. The van der Waals surface area contributed by atoms with E-state index in [-0.39, 0.29) is 16.8 Å². The van der Waals surface area contributed by atoms with E-state index in [4.69, 9.17) is 0 Å². The van der Waals surface area contributed by atoms with Gasteiger partial charge >= 0.3 is 0 Å². The Morgan fingerprint density at radius 2 is 2.35 bits per heavy atom. The van der Waals surface area contributed by atoms with Crippen molar-refractivity contribution < 1.29 is 9.72 Å². The molecule has 0 radical (unpaired) electrons. The number of amides is 1. The molecule has 1 atom stereocenters. The van der Waals surface area contributed by atoms with Gasteiger partial charge in [0.2, 0.25) is 5.91 Å². The van der Waals surface area contributed by atoms with Crippen LogP contribution in [0.1, 0.15) is 6.92 Å². The topological polar surface area (TPSA) is 98.0 Å². The van der Waals surface area contributed by atoms with E-state index in [9.17, 15) is 14.9 Å². The van der Waals surface area contributed by atoms with Gasteiger partial charge in [-0.1, -0.05) is 29.2 Å². The second-order valence-corrected chi connectivity index (χ2v) is 6.18. The maximum Gasteiger partial charge on any atom is 0.271 e. The molecule has 1 amide bonds. The number of benzene rings is 1. The van der Waals surface area contributed by atoms with Crippen LogP contribution >= 0.6 is 23.1 Å². The van der Waals surface area contributed by atoms with Crippen LogP contribution in [0.5, 0.6) is 0 Å². The number of nitro groups is 1. The number of rotatable bonds is 5. The van der Waals surface area contributed by atoms with E-state index in [0.29, 0.717) is 10.0 Å². The van der Waals surface area contributed by atoms with Gasteiger partial charge in [0.15, 0.2) is 4.34 Å². The second kappa shape index (κ2) is 6.44. The van der Waals surface area contributed by atoms with Crippen LogP contribution in [0.4, 0.5) is 11.4 Å². The van der Waals surface area contributed by atoms with Gasteiger partial charge in [-0.05, 0) is 13.0 Å². The molecule has 1 aromatic heterocycles. The molecule has 0 aliphatic carbocycles. The highest BCUT2D eigenvalue weighted by atomic mass is 32.2. The van der Waals surface area contributed by atoms with Crippen molar-refractivity contribution in [3.05, 3.63) is 39.9 Å². The summed E-state index contributed by atoms with van der Waals surface area (Å²) >= 11 is 2.64. The summed E-state index contributed by atoms with van der Waals surface area (Å²) in [6, 6.07) is 5.82. The number of carbonyl (C=O) groups excluding carboxylic acids is 1. The fourth-order valence-electron chi connectivity index (χ4n) is 1.36. The lowest BCUT2D eigenvalue weighted by atomic mass is 10.2. The van der Waals surface area contributed by atoms with Gasteiger partial charge in [-0.15, -0.1) is 10.2 Å². The van der Waals surface area contributed by atoms with E-state index in [1.54, 1.807) is 18.5 Å². The molecule has 1 N–H and O–H groups in total. The van der Waals surface area contributed by atoms with Crippen molar-refractivity contribution in [2.24, 2.45) is 0 Å². The molecule has 7 nitrogen and oxygen atoms in total. The number of aromatic nitrogens is 2. The van der Waals surface area contributed by atoms with Gasteiger partial charge < -0.3 is 5.32 Å². The van der Waals surface area contributed by atoms with Crippen molar-refractivity contribution in [2.75, 3.05) is 5.32 Å². The number of nitrogens with zero attached hydrogens (tertiary/aromatic N) is 3. The molecular formula is C11H10N4O3S2. The van der Waals surface area contributed by atoms with Crippen molar-refractivity contribution in [3.63, 3.8) is 0 Å². The van der Waals surface area contributed by atoms with E-state index in [1.807, 2.05) is 0 Å². The zero-order valence-corrected chi connectivity index (χ0v) is 12.0. The van der Waals surface area contributed by atoms with Gasteiger partial charge in [0.05, 0.1) is 10.2 Å². The average Bonchev–Trinajstić information content (AvgIpc) is 2.91. The number of nitrogens with one attached hydrogen (secondary N) is 1. The zero-order valence-electron chi connectivity index (χ0n) is 10.3. The van der Waals surface area contributed by atoms with Crippen LogP contribution in [0, 0.1) is 10.1 Å². The molecule has 1 heterocycles. The molecule has 104 valence electrons. The Kier molecular flexibility index (Phi) is 4.64. The summed E-state index contributed by atoms with van der Waals surface area (Å²) in [7, 11) is 0. The summed E-state index contributed by atoms with van der Waals surface area (Å²) in [5.41, 5.74) is 1.93. The number of hydrogen-bond donors (Lipinski definition) is 1. The Morgan fingerprint density at radius 1 is 1.55 bits per heavy atom. The third-order valence-corrected chi connectivity index (χ3v) is 4.22. The zero-order chi connectivity index (χ0) is 14.5. The third kappa shape index (κ3) is 3.75. The fraction of sp³-hybridized carbons (Fsp3) is 0.182. The Morgan fingerprint density at radius 3 is 3.00 bits per heavy atom. The molecule has 0 spiro atoms. The van der Waals surface area contributed by atoms with Crippen LogP contribution in [-0.2, 0) is 4.79 Å². The molecular weight excluding hydrogens is 300 g/mol. The minimum atomic E-state index is -0.505. The smallest absolute Gasteiger partial charge is 0.271 e. The van der Waals surface area contributed by atoms with Gasteiger partial charge in [-0.3, -0.25) is 14.9 Å². The predicted octanol–water partition coefficient (Wildman–Crippen LogP) is 2.57. The molecule has 0 fully saturated rings. The minimum absolute atomic E-state index is 0.0628. The van der Waals surface area contributed by atoms with Crippen molar-refractivity contribution in [3.8, 4) is 0 Å². The molecule has 0 aliphatic rings. The number of nitro benzene ring substituents is 1. The largest absolute Gasteiger partial charge is 0.325 e. The molecule has 2 rings (SSSR count). The molecule has 0 saturated heterocycles. The van der Waals surface area contributed by atoms with E-state index in [2.05, 4.69) is 15.5 Å². The van der Waals surface area contributed by atoms with E-state index in [0.717, 1.165) is 0 Å². The number of anilines is 1. The Labute approximate surface area is 122 Å². The normalized spacial score (nSPS) is 11.8. The summed E-state index contributed by atoms with van der Waals surface area (Å²) in [4.78, 5) is 22.1. The lowest BCUT2D eigenvalue weighted by Crippen LogP contribution is -2.22. The Hall–Kier alpha value is -2.00. The highest BCUT2D eigenvalue weighted by molar-refractivity contribution is 8.02. The van der Waals surface area contributed by atoms with Gasteiger partial charge in [-0.25, -0.2) is 0 Å².